The summed E-state index contributed by atoms with van der Waals surface area (Å²) in [5.41, 5.74) is 2.45. The summed E-state index contributed by atoms with van der Waals surface area (Å²) >= 11 is 0. The lowest BCUT2D eigenvalue weighted by Gasteiger charge is -2.32. The Morgan fingerprint density at radius 3 is 2.85 bits per heavy atom. The van der Waals surface area contributed by atoms with Crippen LogP contribution in [0.15, 0.2) is 71.3 Å². The Kier molecular flexibility index (Phi) is 6.37. The van der Waals surface area contributed by atoms with E-state index in [1.165, 1.54) is 17.8 Å². The van der Waals surface area contributed by atoms with Gasteiger partial charge >= 0.3 is 5.97 Å². The minimum Gasteiger partial charge on any atom is -0.477 e. The van der Waals surface area contributed by atoms with Crippen molar-refractivity contribution in [3.63, 3.8) is 0 Å². The zero-order valence-corrected chi connectivity index (χ0v) is 18.4. The number of carbonyl (C=O) groups is 1. The molecule has 3 heterocycles. The average Bonchev–Trinajstić information content (AvgIpc) is 3.26. The third-order valence-corrected chi connectivity index (χ3v) is 5.50. The molecule has 4 aromatic rings. The third kappa shape index (κ3) is 5.33. The fourth-order valence-electron chi connectivity index (χ4n) is 3.86. The van der Waals surface area contributed by atoms with Crippen molar-refractivity contribution in [3.8, 4) is 11.5 Å². The van der Waals surface area contributed by atoms with Crippen LogP contribution in [0.5, 0.6) is 11.5 Å². The number of carboxylic acid groups (broad SMARTS) is 1. The zero-order chi connectivity index (χ0) is 23.3. The van der Waals surface area contributed by atoms with E-state index in [1.54, 1.807) is 24.3 Å². The molecule has 9 heteroatoms. The molecule has 1 aliphatic heterocycles. The quantitative estimate of drug-likeness (QED) is 0.403. The summed E-state index contributed by atoms with van der Waals surface area (Å²) in [6.45, 7) is 3.90. The van der Waals surface area contributed by atoms with Gasteiger partial charge in [0.25, 0.3) is 6.01 Å². The number of fused-ring (bicyclic) bond motifs is 1. The lowest BCUT2D eigenvalue weighted by molar-refractivity contribution is -0.0242. The predicted octanol–water partition coefficient (Wildman–Crippen LogP) is 4.03. The van der Waals surface area contributed by atoms with Gasteiger partial charge in [0.1, 0.15) is 17.0 Å². The van der Waals surface area contributed by atoms with Crippen molar-refractivity contribution in [1.29, 1.82) is 0 Å². The van der Waals surface area contributed by atoms with Gasteiger partial charge in [-0.25, -0.2) is 9.78 Å². The first kappa shape index (κ1) is 21.9. The van der Waals surface area contributed by atoms with E-state index in [0.29, 0.717) is 41.8 Å². The Balaban J connectivity index is 1.19. The Bertz CT molecular complexity index is 1280. The van der Waals surface area contributed by atoms with E-state index in [9.17, 15) is 4.79 Å². The van der Waals surface area contributed by atoms with Gasteiger partial charge < -0.3 is 24.3 Å². The summed E-state index contributed by atoms with van der Waals surface area (Å²) in [5, 5.41) is 12.3. The molecule has 1 saturated heterocycles. The largest absolute Gasteiger partial charge is 0.477 e. The van der Waals surface area contributed by atoms with E-state index < -0.39 is 5.97 Å². The first-order chi connectivity index (χ1) is 16.6. The van der Waals surface area contributed by atoms with Crippen LogP contribution in [0.3, 0.4) is 0 Å². The van der Waals surface area contributed by atoms with Crippen LogP contribution in [0.1, 0.15) is 16.1 Å². The molecule has 34 heavy (non-hydrogen) atoms. The maximum Gasteiger partial charge on any atom is 0.354 e. The Hall–Kier alpha value is -3.95. The van der Waals surface area contributed by atoms with Crippen molar-refractivity contribution < 1.29 is 23.8 Å². The normalized spacial score (nSPS) is 16.4. The second-order valence-corrected chi connectivity index (χ2v) is 8.03. The highest BCUT2D eigenvalue weighted by Gasteiger charge is 2.21. The molecule has 1 aliphatic rings. The van der Waals surface area contributed by atoms with Gasteiger partial charge in [-0.3, -0.25) is 4.90 Å². The number of rotatable bonds is 8. The number of benzene rings is 2. The molecule has 1 unspecified atom stereocenters. The molecule has 2 aromatic heterocycles. The first-order valence-electron chi connectivity index (χ1n) is 11.0. The fourth-order valence-corrected chi connectivity index (χ4v) is 3.86. The summed E-state index contributed by atoms with van der Waals surface area (Å²) in [4.78, 5) is 21.8. The van der Waals surface area contributed by atoms with Gasteiger partial charge in [0, 0.05) is 44.5 Å². The van der Waals surface area contributed by atoms with Crippen LogP contribution in [-0.4, -0.2) is 58.3 Å². The number of carboxylic acids is 1. The molecule has 174 valence electrons. The third-order valence-electron chi connectivity index (χ3n) is 5.50. The van der Waals surface area contributed by atoms with Crippen LogP contribution in [0.4, 0.5) is 6.01 Å². The van der Waals surface area contributed by atoms with Gasteiger partial charge in [0.2, 0.25) is 0 Å². The summed E-state index contributed by atoms with van der Waals surface area (Å²) in [7, 11) is 0. The van der Waals surface area contributed by atoms with Gasteiger partial charge in [-0.05, 0) is 23.8 Å². The lowest BCUT2D eigenvalue weighted by atomic mass is 10.2. The molecule has 0 spiro atoms. The number of hydrogen-bond donors (Lipinski definition) is 2. The average molecular weight is 460 g/mol. The monoisotopic (exact) mass is 460 g/mol. The van der Waals surface area contributed by atoms with Crippen LogP contribution in [0.25, 0.3) is 11.1 Å². The Morgan fingerprint density at radius 2 is 2.00 bits per heavy atom. The highest BCUT2D eigenvalue weighted by molar-refractivity contribution is 5.85. The SMILES string of the molecule is O=C(O)c1cc(Oc2ccc3nc(NCC4CN(Cc5ccccc5)CCO4)oc3c2)ccn1. The van der Waals surface area contributed by atoms with E-state index in [2.05, 4.69) is 44.5 Å². The smallest absolute Gasteiger partial charge is 0.354 e. The number of oxazole rings is 1. The molecule has 2 N–H and O–H groups in total. The maximum atomic E-state index is 11.1. The van der Waals surface area contributed by atoms with Gasteiger partial charge in [-0.1, -0.05) is 30.3 Å². The standard InChI is InChI=1S/C25H24N4O5/c30-24(31)22-12-19(8-9-26-22)33-18-6-7-21-23(13-18)34-25(28-21)27-14-20-16-29(10-11-32-20)15-17-4-2-1-3-5-17/h1-9,12-13,20H,10-11,14-16H2,(H,27,28)(H,30,31). The van der Waals surface area contributed by atoms with Crippen molar-refractivity contribution in [2.24, 2.45) is 0 Å². The molecule has 0 bridgehead atoms. The van der Waals surface area contributed by atoms with E-state index in [4.69, 9.17) is 19.0 Å². The molecule has 9 nitrogen and oxygen atoms in total. The Morgan fingerprint density at radius 1 is 1.15 bits per heavy atom. The number of ether oxygens (including phenoxy) is 2. The molecule has 1 atom stereocenters. The molecule has 0 radical (unpaired) electrons. The van der Waals surface area contributed by atoms with Gasteiger partial charge in [-0.2, -0.15) is 4.98 Å². The fraction of sp³-hybridized carbons (Fsp3) is 0.240. The summed E-state index contributed by atoms with van der Waals surface area (Å²) in [6, 6.07) is 19.0. The zero-order valence-electron chi connectivity index (χ0n) is 18.4. The number of pyridine rings is 1. The molecule has 0 aliphatic carbocycles. The van der Waals surface area contributed by atoms with Crippen LogP contribution < -0.4 is 10.1 Å². The summed E-state index contributed by atoms with van der Waals surface area (Å²) in [5.74, 6) is -0.235. The molecule has 0 saturated carbocycles. The minimum absolute atomic E-state index is 0.0292. The van der Waals surface area contributed by atoms with Crippen LogP contribution in [0.2, 0.25) is 0 Å². The second kappa shape index (κ2) is 9.90. The van der Waals surface area contributed by atoms with Crippen LogP contribution >= 0.6 is 0 Å². The van der Waals surface area contributed by atoms with Crippen molar-refractivity contribution in [3.05, 3.63) is 78.1 Å². The molecule has 0 amide bonds. The molecular formula is C25H24N4O5. The van der Waals surface area contributed by atoms with Crippen molar-refractivity contribution in [2.75, 3.05) is 31.6 Å². The van der Waals surface area contributed by atoms with Gasteiger partial charge in [0.05, 0.1) is 12.7 Å². The van der Waals surface area contributed by atoms with E-state index in [1.807, 2.05) is 6.07 Å². The number of aromatic carboxylic acids is 1. The molecule has 5 rings (SSSR count). The molecule has 1 fully saturated rings. The topological polar surface area (TPSA) is 110 Å². The van der Waals surface area contributed by atoms with Crippen molar-refractivity contribution in [2.45, 2.75) is 12.6 Å². The number of hydrogen-bond acceptors (Lipinski definition) is 8. The summed E-state index contributed by atoms with van der Waals surface area (Å²) in [6.07, 6.45) is 1.42. The van der Waals surface area contributed by atoms with E-state index in [0.717, 1.165) is 19.6 Å². The lowest BCUT2D eigenvalue weighted by Crippen LogP contribution is -2.44. The van der Waals surface area contributed by atoms with Crippen LogP contribution in [-0.2, 0) is 11.3 Å². The number of nitrogens with one attached hydrogen (secondary N) is 1. The molecule has 2 aromatic carbocycles. The second-order valence-electron chi connectivity index (χ2n) is 8.03. The number of nitrogens with zero attached hydrogens (tertiary/aromatic N) is 3. The van der Waals surface area contributed by atoms with Crippen molar-refractivity contribution >= 4 is 23.1 Å². The molecular weight excluding hydrogens is 436 g/mol. The summed E-state index contributed by atoms with van der Waals surface area (Å²) < 4.78 is 17.5. The maximum absolute atomic E-state index is 11.1. The van der Waals surface area contributed by atoms with Crippen LogP contribution in [0, 0.1) is 0 Å². The number of aromatic nitrogens is 2. The first-order valence-corrected chi connectivity index (χ1v) is 11.0. The van der Waals surface area contributed by atoms with Crippen molar-refractivity contribution in [1.82, 2.24) is 14.9 Å². The number of anilines is 1. The highest BCUT2D eigenvalue weighted by atomic mass is 16.5. The van der Waals surface area contributed by atoms with Gasteiger partial charge in [0.15, 0.2) is 11.3 Å². The van der Waals surface area contributed by atoms with E-state index in [-0.39, 0.29) is 11.8 Å². The Labute approximate surface area is 196 Å². The van der Waals surface area contributed by atoms with E-state index >= 15 is 0 Å². The minimum atomic E-state index is -1.11. The highest BCUT2D eigenvalue weighted by Crippen LogP contribution is 2.27. The van der Waals surface area contributed by atoms with Gasteiger partial charge in [-0.15, -0.1) is 0 Å². The number of morpholine rings is 1. The predicted molar refractivity (Wildman–Crippen MR) is 125 cm³/mol.